The molecule has 0 aromatic heterocycles. The highest BCUT2D eigenvalue weighted by Gasteiger charge is 2.42. The van der Waals surface area contributed by atoms with Gasteiger partial charge in [-0.1, -0.05) is 12.1 Å². The van der Waals surface area contributed by atoms with Crippen molar-refractivity contribution in [3.63, 3.8) is 0 Å². The lowest BCUT2D eigenvalue weighted by Gasteiger charge is -2.12. The smallest absolute Gasteiger partial charge is 0.0991 e. The Kier molecular flexibility index (Phi) is 2.75. The van der Waals surface area contributed by atoms with Gasteiger partial charge >= 0.3 is 0 Å². The van der Waals surface area contributed by atoms with Crippen molar-refractivity contribution in [3.8, 4) is 6.07 Å². The monoisotopic (exact) mass is 201 g/mol. The van der Waals surface area contributed by atoms with Crippen molar-refractivity contribution in [3.05, 3.63) is 35.4 Å². The minimum absolute atomic E-state index is 0.175. The van der Waals surface area contributed by atoms with Gasteiger partial charge in [0.25, 0.3) is 0 Å². The Balaban J connectivity index is 1.91. The number of benzene rings is 1. The molecule has 2 nitrogen and oxygen atoms in total. The standard InChI is InChI=1S/C13H15NO/c1-15-13(8-9-13)7-6-11-2-4-12(10-14)5-3-11/h2-5H,6-9H2,1H3. The van der Waals surface area contributed by atoms with E-state index in [1.165, 1.54) is 18.4 Å². The summed E-state index contributed by atoms with van der Waals surface area (Å²) in [6.45, 7) is 0. The first-order valence-electron chi connectivity index (χ1n) is 5.32. The van der Waals surface area contributed by atoms with Crippen molar-refractivity contribution < 1.29 is 4.74 Å². The highest BCUT2D eigenvalue weighted by atomic mass is 16.5. The van der Waals surface area contributed by atoms with Gasteiger partial charge in [0.15, 0.2) is 0 Å². The molecule has 78 valence electrons. The third kappa shape index (κ3) is 2.37. The van der Waals surface area contributed by atoms with E-state index in [2.05, 4.69) is 6.07 Å². The Labute approximate surface area is 90.5 Å². The third-order valence-corrected chi connectivity index (χ3v) is 3.19. The highest BCUT2D eigenvalue weighted by Crippen LogP contribution is 2.42. The van der Waals surface area contributed by atoms with Crippen LogP contribution in [0.1, 0.15) is 30.4 Å². The maximum Gasteiger partial charge on any atom is 0.0991 e. The molecule has 1 aromatic carbocycles. The van der Waals surface area contributed by atoms with Crippen LogP contribution in [0.2, 0.25) is 0 Å². The minimum Gasteiger partial charge on any atom is -0.378 e. The van der Waals surface area contributed by atoms with Crippen molar-refractivity contribution in [2.75, 3.05) is 7.11 Å². The number of hydrogen-bond donors (Lipinski definition) is 0. The number of nitriles is 1. The summed E-state index contributed by atoms with van der Waals surface area (Å²) in [6.07, 6.45) is 4.52. The fraction of sp³-hybridized carbons (Fsp3) is 0.462. The molecule has 0 aliphatic heterocycles. The number of nitrogens with zero attached hydrogens (tertiary/aromatic N) is 1. The van der Waals surface area contributed by atoms with Crippen LogP contribution in [-0.4, -0.2) is 12.7 Å². The second-order valence-electron chi connectivity index (χ2n) is 4.20. The van der Waals surface area contributed by atoms with Gasteiger partial charge < -0.3 is 4.74 Å². The molecule has 15 heavy (non-hydrogen) atoms. The molecular formula is C13H15NO. The van der Waals surface area contributed by atoms with Gasteiger partial charge in [-0.15, -0.1) is 0 Å². The predicted molar refractivity (Wildman–Crippen MR) is 58.5 cm³/mol. The molecule has 0 amide bonds. The number of ether oxygens (including phenoxy) is 1. The van der Waals surface area contributed by atoms with Crippen molar-refractivity contribution >= 4 is 0 Å². The van der Waals surface area contributed by atoms with E-state index < -0.39 is 0 Å². The summed E-state index contributed by atoms with van der Waals surface area (Å²) in [5.41, 5.74) is 2.19. The van der Waals surface area contributed by atoms with Gasteiger partial charge in [0.2, 0.25) is 0 Å². The molecular weight excluding hydrogens is 186 g/mol. The van der Waals surface area contributed by atoms with Gasteiger partial charge in [0.1, 0.15) is 0 Å². The van der Waals surface area contributed by atoms with E-state index in [1.807, 2.05) is 24.3 Å². The summed E-state index contributed by atoms with van der Waals surface area (Å²) in [5, 5.41) is 8.67. The molecule has 2 heteroatoms. The Morgan fingerprint density at radius 3 is 2.47 bits per heavy atom. The van der Waals surface area contributed by atoms with Crippen LogP contribution in [0.4, 0.5) is 0 Å². The summed E-state index contributed by atoms with van der Waals surface area (Å²) in [5.74, 6) is 0. The first-order valence-corrected chi connectivity index (χ1v) is 5.32. The van der Waals surface area contributed by atoms with E-state index in [1.54, 1.807) is 7.11 Å². The predicted octanol–water partition coefficient (Wildman–Crippen LogP) is 2.67. The van der Waals surface area contributed by atoms with Crippen LogP contribution >= 0.6 is 0 Å². The molecule has 1 aromatic rings. The number of hydrogen-bond acceptors (Lipinski definition) is 2. The molecule has 0 atom stereocenters. The van der Waals surface area contributed by atoms with Crippen molar-refractivity contribution in [1.29, 1.82) is 5.26 Å². The van der Waals surface area contributed by atoms with Crippen LogP contribution in [0.15, 0.2) is 24.3 Å². The SMILES string of the molecule is COC1(CCc2ccc(C#N)cc2)CC1. The van der Waals surface area contributed by atoms with Crippen LogP contribution in [0.5, 0.6) is 0 Å². The maximum absolute atomic E-state index is 8.67. The van der Waals surface area contributed by atoms with Crippen LogP contribution < -0.4 is 0 Å². The van der Waals surface area contributed by atoms with Gasteiger partial charge in [-0.25, -0.2) is 0 Å². The quantitative estimate of drug-likeness (QED) is 0.750. The molecule has 0 N–H and O–H groups in total. The van der Waals surface area contributed by atoms with Crippen LogP contribution in [0, 0.1) is 11.3 Å². The highest BCUT2D eigenvalue weighted by molar-refractivity contribution is 5.31. The molecule has 0 bridgehead atoms. The Bertz CT molecular complexity index is 371. The topological polar surface area (TPSA) is 33.0 Å². The fourth-order valence-corrected chi connectivity index (χ4v) is 1.81. The number of aryl methyl sites for hydroxylation is 1. The van der Waals surface area contributed by atoms with Crippen molar-refractivity contribution in [2.45, 2.75) is 31.3 Å². The summed E-state index contributed by atoms with van der Waals surface area (Å²) in [4.78, 5) is 0. The zero-order chi connectivity index (χ0) is 10.7. The third-order valence-electron chi connectivity index (χ3n) is 3.19. The Morgan fingerprint density at radius 2 is 2.00 bits per heavy atom. The number of rotatable bonds is 4. The molecule has 0 spiro atoms. The molecule has 1 fully saturated rings. The van der Waals surface area contributed by atoms with Crippen molar-refractivity contribution in [1.82, 2.24) is 0 Å². The molecule has 0 saturated heterocycles. The summed E-state index contributed by atoms with van der Waals surface area (Å²) >= 11 is 0. The lowest BCUT2D eigenvalue weighted by molar-refractivity contribution is 0.0731. The van der Waals surface area contributed by atoms with Gasteiger partial charge in [0.05, 0.1) is 17.2 Å². The number of methoxy groups -OCH3 is 1. The normalized spacial score (nSPS) is 17.1. The molecule has 1 saturated carbocycles. The van der Waals surface area contributed by atoms with E-state index >= 15 is 0 Å². The molecule has 0 radical (unpaired) electrons. The lowest BCUT2D eigenvalue weighted by atomic mass is 10.0. The Morgan fingerprint density at radius 1 is 1.33 bits per heavy atom. The molecule has 2 rings (SSSR count). The van der Waals surface area contributed by atoms with Gasteiger partial charge in [-0.05, 0) is 43.4 Å². The molecule has 1 aliphatic rings. The fourth-order valence-electron chi connectivity index (χ4n) is 1.81. The zero-order valence-corrected chi connectivity index (χ0v) is 8.99. The lowest BCUT2D eigenvalue weighted by Crippen LogP contribution is -2.12. The van der Waals surface area contributed by atoms with Gasteiger partial charge in [-0.3, -0.25) is 0 Å². The Hall–Kier alpha value is -1.33. The van der Waals surface area contributed by atoms with E-state index in [0.29, 0.717) is 0 Å². The summed E-state index contributed by atoms with van der Waals surface area (Å²) in [6, 6.07) is 9.94. The second kappa shape index (κ2) is 4.04. The second-order valence-corrected chi connectivity index (χ2v) is 4.20. The van der Waals surface area contributed by atoms with Gasteiger partial charge in [0, 0.05) is 7.11 Å². The summed E-state index contributed by atoms with van der Waals surface area (Å²) in [7, 11) is 1.80. The largest absolute Gasteiger partial charge is 0.378 e. The zero-order valence-electron chi connectivity index (χ0n) is 8.99. The molecule has 0 heterocycles. The van der Waals surface area contributed by atoms with Crippen LogP contribution in [-0.2, 0) is 11.2 Å². The van der Waals surface area contributed by atoms with Crippen LogP contribution in [0.3, 0.4) is 0 Å². The van der Waals surface area contributed by atoms with E-state index in [4.69, 9.17) is 10.00 Å². The average Bonchev–Trinajstić information content (AvgIpc) is 3.08. The minimum atomic E-state index is 0.175. The van der Waals surface area contributed by atoms with Crippen molar-refractivity contribution in [2.24, 2.45) is 0 Å². The van der Waals surface area contributed by atoms with Crippen LogP contribution in [0.25, 0.3) is 0 Å². The van der Waals surface area contributed by atoms with E-state index in [0.717, 1.165) is 18.4 Å². The first-order chi connectivity index (χ1) is 7.28. The van der Waals surface area contributed by atoms with E-state index in [-0.39, 0.29) is 5.60 Å². The average molecular weight is 201 g/mol. The summed E-state index contributed by atoms with van der Waals surface area (Å²) < 4.78 is 5.46. The molecule has 1 aliphatic carbocycles. The molecule has 0 unspecified atom stereocenters. The maximum atomic E-state index is 8.67. The first kappa shape index (κ1) is 10.2. The van der Waals surface area contributed by atoms with Gasteiger partial charge in [-0.2, -0.15) is 5.26 Å². The van der Waals surface area contributed by atoms with E-state index in [9.17, 15) is 0 Å².